The molecule has 1 unspecified atom stereocenters. The Balaban J connectivity index is 2.08. The molecule has 2 aromatic carbocycles. The third kappa shape index (κ3) is 4.19. The maximum absolute atomic E-state index is 12.5. The van der Waals surface area contributed by atoms with Gasteiger partial charge in [0.25, 0.3) is 5.69 Å². The predicted molar refractivity (Wildman–Crippen MR) is 118 cm³/mol. The minimum absolute atomic E-state index is 0.0977. The number of aliphatic imine (C=N–C) groups is 1. The van der Waals surface area contributed by atoms with Crippen molar-refractivity contribution in [2.75, 3.05) is 0 Å². The van der Waals surface area contributed by atoms with Gasteiger partial charge in [-0.3, -0.25) is 14.9 Å². The Kier molecular flexibility index (Phi) is 6.48. The average Bonchev–Trinajstić information content (AvgIpc) is 2.72. The average molecular weight is 420 g/mol. The van der Waals surface area contributed by atoms with Gasteiger partial charge in [0.1, 0.15) is 5.92 Å². The fourth-order valence-electron chi connectivity index (χ4n) is 3.73. The van der Waals surface area contributed by atoms with E-state index in [9.17, 15) is 20.2 Å². The molecule has 1 heterocycles. The number of nitro benzene ring substituents is 1. The van der Waals surface area contributed by atoms with Crippen LogP contribution in [-0.2, 0) is 10.5 Å². The van der Waals surface area contributed by atoms with Gasteiger partial charge in [-0.15, -0.1) is 11.8 Å². The van der Waals surface area contributed by atoms with E-state index < -0.39 is 16.8 Å². The fraction of sp³-hybridized carbons (Fsp3) is 0.261. The lowest BCUT2D eigenvalue weighted by molar-refractivity contribution is -0.385. The zero-order valence-electron chi connectivity index (χ0n) is 17.0. The van der Waals surface area contributed by atoms with Gasteiger partial charge in [-0.2, -0.15) is 5.26 Å². The minimum atomic E-state index is -0.775. The molecule has 7 heteroatoms. The van der Waals surface area contributed by atoms with Crippen molar-refractivity contribution in [2.24, 2.45) is 10.9 Å². The minimum Gasteiger partial charge on any atom is -0.295 e. The molecule has 152 valence electrons. The second-order valence-corrected chi connectivity index (χ2v) is 8.12. The van der Waals surface area contributed by atoms with Crippen LogP contribution in [0.15, 0.2) is 64.8 Å². The van der Waals surface area contributed by atoms with Crippen molar-refractivity contribution in [3.63, 3.8) is 0 Å². The van der Waals surface area contributed by atoms with Gasteiger partial charge in [-0.05, 0) is 31.9 Å². The summed E-state index contributed by atoms with van der Waals surface area (Å²) in [6.07, 6.45) is 0. The van der Waals surface area contributed by atoms with Crippen molar-refractivity contribution in [3.05, 3.63) is 86.6 Å². The van der Waals surface area contributed by atoms with E-state index in [2.05, 4.69) is 11.1 Å². The fourth-order valence-corrected chi connectivity index (χ4v) is 4.93. The summed E-state index contributed by atoms with van der Waals surface area (Å²) in [4.78, 5) is 28.2. The zero-order valence-corrected chi connectivity index (χ0v) is 17.8. The molecule has 2 atom stereocenters. The van der Waals surface area contributed by atoms with Crippen molar-refractivity contribution in [2.45, 2.75) is 32.4 Å². The highest BCUT2D eigenvalue weighted by atomic mass is 32.2. The van der Waals surface area contributed by atoms with E-state index in [1.165, 1.54) is 24.8 Å². The number of nitriles is 1. The molecule has 3 rings (SSSR count). The highest BCUT2D eigenvalue weighted by molar-refractivity contribution is 8.13. The number of nitro groups is 1. The number of thioether (sulfide) groups is 1. The standard InChI is InChI=1S/C23H21N3O3S/c1-14-8-4-5-9-17(14)13-30-23-19(12-24)22(21(16(3)27)15(2)25-23)18-10-6-7-11-20(18)26(28)29/h4-11,19,22H,13H2,1-3H3/t19?,22-/m0/s1. The van der Waals surface area contributed by atoms with E-state index >= 15 is 0 Å². The molecule has 0 amide bonds. The summed E-state index contributed by atoms with van der Waals surface area (Å²) < 4.78 is 0. The number of benzene rings is 2. The molecule has 0 N–H and O–H groups in total. The molecule has 0 aromatic heterocycles. The molecule has 0 saturated carbocycles. The van der Waals surface area contributed by atoms with Gasteiger partial charge in [0.05, 0.1) is 16.0 Å². The number of aryl methyl sites for hydroxylation is 1. The van der Waals surface area contributed by atoms with Crippen LogP contribution in [0.1, 0.15) is 36.5 Å². The van der Waals surface area contributed by atoms with E-state index in [4.69, 9.17) is 0 Å². The zero-order chi connectivity index (χ0) is 21.8. The number of carbonyl (C=O) groups is 1. The van der Waals surface area contributed by atoms with Crippen LogP contribution < -0.4 is 0 Å². The topological polar surface area (TPSA) is 96.4 Å². The highest BCUT2D eigenvalue weighted by Gasteiger charge is 2.40. The van der Waals surface area contributed by atoms with Gasteiger partial charge in [-0.1, -0.05) is 42.5 Å². The number of para-hydroxylation sites is 1. The summed E-state index contributed by atoms with van der Waals surface area (Å²) in [5.74, 6) is -1.12. The highest BCUT2D eigenvalue weighted by Crippen LogP contribution is 2.44. The summed E-state index contributed by atoms with van der Waals surface area (Å²) in [6.45, 7) is 5.16. The number of Topliss-reactive ketones (excluding diaryl/α,β-unsaturated/α-hetero) is 1. The van der Waals surface area contributed by atoms with Crippen LogP contribution in [0.4, 0.5) is 5.69 Å². The maximum Gasteiger partial charge on any atom is 0.273 e. The first-order valence-electron chi connectivity index (χ1n) is 9.45. The Morgan fingerprint density at radius 1 is 1.20 bits per heavy atom. The third-order valence-corrected chi connectivity index (χ3v) is 6.30. The van der Waals surface area contributed by atoms with Crippen molar-refractivity contribution in [1.82, 2.24) is 0 Å². The Hall–Kier alpha value is -3.24. The smallest absolute Gasteiger partial charge is 0.273 e. The van der Waals surface area contributed by atoms with E-state index in [-0.39, 0.29) is 11.5 Å². The first-order valence-corrected chi connectivity index (χ1v) is 10.4. The molecule has 2 aromatic rings. The lowest BCUT2D eigenvalue weighted by atomic mass is 9.77. The summed E-state index contributed by atoms with van der Waals surface area (Å²) in [5, 5.41) is 22.2. The molecule has 0 bridgehead atoms. The molecule has 6 nitrogen and oxygen atoms in total. The maximum atomic E-state index is 12.5. The first kappa shape index (κ1) is 21.5. The van der Waals surface area contributed by atoms with Crippen LogP contribution in [-0.4, -0.2) is 15.8 Å². The second-order valence-electron chi connectivity index (χ2n) is 7.12. The number of rotatable bonds is 5. The van der Waals surface area contributed by atoms with Crippen molar-refractivity contribution in [3.8, 4) is 6.07 Å². The molecule has 0 saturated heterocycles. The van der Waals surface area contributed by atoms with Crippen LogP contribution >= 0.6 is 11.8 Å². The van der Waals surface area contributed by atoms with Crippen molar-refractivity contribution < 1.29 is 9.72 Å². The number of carbonyl (C=O) groups excluding carboxylic acids is 1. The molecule has 0 radical (unpaired) electrons. The van der Waals surface area contributed by atoms with Crippen molar-refractivity contribution in [1.29, 1.82) is 5.26 Å². The number of ketones is 1. The van der Waals surface area contributed by atoms with Gasteiger partial charge < -0.3 is 0 Å². The largest absolute Gasteiger partial charge is 0.295 e. The lowest BCUT2D eigenvalue weighted by Crippen LogP contribution is -2.28. The van der Waals surface area contributed by atoms with Gasteiger partial charge in [-0.25, -0.2) is 4.99 Å². The SMILES string of the molecule is CC(=O)C1=C(C)N=C(SCc2ccccc2C)C(C#N)[C@@H]1c1ccccc1[N+](=O)[O-]. The van der Waals surface area contributed by atoms with E-state index in [0.717, 1.165) is 11.1 Å². The van der Waals surface area contributed by atoms with E-state index in [1.54, 1.807) is 25.1 Å². The Bertz CT molecular complexity index is 1110. The monoisotopic (exact) mass is 419 g/mol. The summed E-state index contributed by atoms with van der Waals surface area (Å²) in [6, 6.07) is 16.5. The molecular weight excluding hydrogens is 398 g/mol. The van der Waals surface area contributed by atoms with Crippen LogP contribution in [0.3, 0.4) is 0 Å². The first-order chi connectivity index (χ1) is 14.3. The summed E-state index contributed by atoms with van der Waals surface area (Å²) in [5.41, 5.74) is 3.40. The van der Waals surface area contributed by atoms with Crippen LogP contribution in [0.5, 0.6) is 0 Å². The molecule has 1 aliphatic heterocycles. The van der Waals surface area contributed by atoms with E-state index in [0.29, 0.717) is 27.6 Å². The molecule has 0 aliphatic carbocycles. The van der Waals surface area contributed by atoms with Crippen LogP contribution in [0.25, 0.3) is 0 Å². The van der Waals surface area contributed by atoms with E-state index in [1.807, 2.05) is 31.2 Å². The molecule has 0 spiro atoms. The van der Waals surface area contributed by atoms with Crippen LogP contribution in [0.2, 0.25) is 0 Å². The number of allylic oxidation sites excluding steroid dienone is 2. The van der Waals surface area contributed by atoms with Gasteiger partial charge in [0, 0.05) is 34.6 Å². The number of hydrogen-bond donors (Lipinski definition) is 0. The lowest BCUT2D eigenvalue weighted by Gasteiger charge is -2.29. The third-order valence-electron chi connectivity index (χ3n) is 5.20. The molecule has 0 fully saturated rings. The number of hydrogen-bond acceptors (Lipinski definition) is 6. The normalized spacial score (nSPS) is 18.5. The second kappa shape index (κ2) is 9.06. The predicted octanol–water partition coefficient (Wildman–Crippen LogP) is 5.34. The van der Waals surface area contributed by atoms with Gasteiger partial charge in [0.2, 0.25) is 0 Å². The van der Waals surface area contributed by atoms with Gasteiger partial charge in [0.15, 0.2) is 5.78 Å². The quantitative estimate of drug-likeness (QED) is 0.482. The van der Waals surface area contributed by atoms with Crippen LogP contribution in [0, 0.1) is 34.3 Å². The summed E-state index contributed by atoms with van der Waals surface area (Å²) in [7, 11) is 0. The summed E-state index contributed by atoms with van der Waals surface area (Å²) >= 11 is 1.44. The Morgan fingerprint density at radius 3 is 2.50 bits per heavy atom. The van der Waals surface area contributed by atoms with Gasteiger partial charge >= 0.3 is 0 Å². The Morgan fingerprint density at radius 2 is 1.87 bits per heavy atom. The molecule has 1 aliphatic rings. The number of nitrogens with zero attached hydrogens (tertiary/aromatic N) is 3. The Labute approximate surface area is 179 Å². The molecule has 30 heavy (non-hydrogen) atoms. The molecular formula is C23H21N3O3S. The van der Waals surface area contributed by atoms with Crippen molar-refractivity contribution >= 4 is 28.3 Å².